The number of ether oxygens (including phenoxy) is 1. The van der Waals surface area contributed by atoms with Gasteiger partial charge in [-0.15, -0.1) is 0 Å². The molecule has 1 rings (SSSR count). The summed E-state index contributed by atoms with van der Waals surface area (Å²) in [6, 6.07) is 9.20. The molecule has 17 heavy (non-hydrogen) atoms. The number of nitrogens with zero attached hydrogens (tertiary/aromatic N) is 1. The Morgan fingerprint density at radius 2 is 2.12 bits per heavy atom. The molecule has 1 aromatic rings. The van der Waals surface area contributed by atoms with Crippen molar-refractivity contribution in [3.8, 4) is 6.07 Å². The molecular weight excluding hydrogens is 216 g/mol. The number of nitrogens with one attached hydrogen (secondary N) is 1. The van der Waals surface area contributed by atoms with Crippen LogP contribution in [0.2, 0.25) is 0 Å². The fourth-order valence-corrected chi connectivity index (χ4v) is 1.59. The largest absolute Gasteiger partial charge is 0.469 e. The van der Waals surface area contributed by atoms with E-state index < -0.39 is 0 Å². The number of benzene rings is 1. The van der Waals surface area contributed by atoms with E-state index in [2.05, 4.69) is 16.1 Å². The predicted molar refractivity (Wildman–Crippen MR) is 64.2 cm³/mol. The van der Waals surface area contributed by atoms with Crippen LogP contribution >= 0.6 is 0 Å². The van der Waals surface area contributed by atoms with E-state index in [1.165, 1.54) is 7.11 Å². The van der Waals surface area contributed by atoms with Crippen molar-refractivity contribution in [2.75, 3.05) is 13.7 Å². The summed E-state index contributed by atoms with van der Waals surface area (Å²) >= 11 is 0. The second-order valence-electron chi connectivity index (χ2n) is 3.62. The van der Waals surface area contributed by atoms with Crippen molar-refractivity contribution in [3.63, 3.8) is 0 Å². The molecule has 4 nitrogen and oxygen atoms in total. The molecule has 1 N–H and O–H groups in total. The lowest BCUT2D eigenvalue weighted by Gasteiger charge is -2.17. The van der Waals surface area contributed by atoms with E-state index in [1.54, 1.807) is 12.1 Å². The lowest BCUT2D eigenvalue weighted by molar-refractivity contribution is -0.141. The van der Waals surface area contributed by atoms with E-state index in [1.807, 2.05) is 19.1 Å². The number of esters is 1. The van der Waals surface area contributed by atoms with Gasteiger partial charge in [-0.1, -0.05) is 19.1 Å². The number of carbonyl (C=O) groups excluding carboxylic acids is 1. The molecule has 0 radical (unpaired) electrons. The maximum atomic E-state index is 11.3. The van der Waals surface area contributed by atoms with Crippen molar-refractivity contribution in [3.05, 3.63) is 35.4 Å². The van der Waals surface area contributed by atoms with Gasteiger partial charge < -0.3 is 10.1 Å². The molecule has 0 aromatic heterocycles. The van der Waals surface area contributed by atoms with Crippen LogP contribution < -0.4 is 5.32 Å². The summed E-state index contributed by atoms with van der Waals surface area (Å²) in [5, 5.41) is 11.9. The lowest BCUT2D eigenvalue weighted by atomic mass is 10.0. The standard InChI is InChI=1S/C13H16N2O2/c1-3-15-12(8-13(16)17-2)11-6-4-10(9-14)5-7-11/h4-7,12,15H,3,8H2,1-2H3/t12-/m1/s1. The average Bonchev–Trinajstić information content (AvgIpc) is 2.38. The van der Waals surface area contributed by atoms with Crippen LogP contribution in [0.4, 0.5) is 0 Å². The lowest BCUT2D eigenvalue weighted by Crippen LogP contribution is -2.24. The van der Waals surface area contributed by atoms with Crippen LogP contribution in [0.1, 0.15) is 30.5 Å². The zero-order valence-corrected chi connectivity index (χ0v) is 10.1. The van der Waals surface area contributed by atoms with Crippen LogP contribution in [0.15, 0.2) is 24.3 Å². The van der Waals surface area contributed by atoms with Crippen molar-refractivity contribution in [1.82, 2.24) is 5.32 Å². The monoisotopic (exact) mass is 232 g/mol. The Kier molecular flexibility index (Phi) is 5.18. The van der Waals surface area contributed by atoms with Gasteiger partial charge in [0.1, 0.15) is 0 Å². The number of nitriles is 1. The number of rotatable bonds is 5. The normalized spacial score (nSPS) is 11.6. The first-order valence-corrected chi connectivity index (χ1v) is 5.51. The Labute approximate surface area is 101 Å². The van der Waals surface area contributed by atoms with Gasteiger partial charge in [0, 0.05) is 6.04 Å². The van der Waals surface area contributed by atoms with Crippen LogP contribution in [0, 0.1) is 11.3 Å². The molecule has 0 saturated heterocycles. The molecule has 0 spiro atoms. The highest BCUT2D eigenvalue weighted by atomic mass is 16.5. The first-order valence-electron chi connectivity index (χ1n) is 5.51. The van der Waals surface area contributed by atoms with E-state index in [9.17, 15) is 4.79 Å². The molecule has 1 atom stereocenters. The van der Waals surface area contributed by atoms with Gasteiger partial charge in [-0.25, -0.2) is 0 Å². The van der Waals surface area contributed by atoms with Crippen molar-refractivity contribution >= 4 is 5.97 Å². The van der Waals surface area contributed by atoms with Gasteiger partial charge >= 0.3 is 5.97 Å². The molecule has 0 heterocycles. The van der Waals surface area contributed by atoms with Gasteiger partial charge in [-0.05, 0) is 24.2 Å². The highest BCUT2D eigenvalue weighted by molar-refractivity contribution is 5.70. The summed E-state index contributed by atoms with van der Waals surface area (Å²) in [7, 11) is 1.38. The first-order chi connectivity index (χ1) is 8.21. The topological polar surface area (TPSA) is 62.1 Å². The fraction of sp³-hybridized carbons (Fsp3) is 0.385. The number of hydrogen-bond acceptors (Lipinski definition) is 4. The number of carbonyl (C=O) groups is 1. The molecule has 0 aliphatic carbocycles. The molecular formula is C13H16N2O2. The second-order valence-corrected chi connectivity index (χ2v) is 3.62. The maximum absolute atomic E-state index is 11.3. The van der Waals surface area contributed by atoms with E-state index in [-0.39, 0.29) is 18.4 Å². The van der Waals surface area contributed by atoms with E-state index in [4.69, 9.17) is 5.26 Å². The zero-order valence-electron chi connectivity index (χ0n) is 10.1. The van der Waals surface area contributed by atoms with Crippen LogP contribution in [0.25, 0.3) is 0 Å². The fourth-order valence-electron chi connectivity index (χ4n) is 1.59. The number of methoxy groups -OCH3 is 1. The Balaban J connectivity index is 2.81. The quantitative estimate of drug-likeness (QED) is 0.786. The van der Waals surface area contributed by atoms with Crippen molar-refractivity contribution < 1.29 is 9.53 Å². The first kappa shape index (κ1) is 13.2. The predicted octanol–water partition coefficient (Wildman–Crippen LogP) is 1.77. The van der Waals surface area contributed by atoms with Gasteiger partial charge in [0.05, 0.1) is 25.2 Å². The van der Waals surface area contributed by atoms with Crippen molar-refractivity contribution in [2.24, 2.45) is 0 Å². The zero-order chi connectivity index (χ0) is 12.7. The number of hydrogen-bond donors (Lipinski definition) is 1. The SMILES string of the molecule is CCN[C@H](CC(=O)OC)c1ccc(C#N)cc1. The third kappa shape index (κ3) is 3.89. The summed E-state index contributed by atoms with van der Waals surface area (Å²) in [6.45, 7) is 2.75. The van der Waals surface area contributed by atoms with E-state index in [0.29, 0.717) is 5.56 Å². The van der Waals surface area contributed by atoms with Crippen LogP contribution in [-0.4, -0.2) is 19.6 Å². The van der Waals surface area contributed by atoms with Crippen molar-refractivity contribution in [1.29, 1.82) is 5.26 Å². The Morgan fingerprint density at radius 1 is 1.47 bits per heavy atom. The molecule has 0 aliphatic heterocycles. The minimum atomic E-state index is -0.250. The molecule has 0 saturated carbocycles. The Morgan fingerprint density at radius 3 is 2.59 bits per heavy atom. The van der Waals surface area contributed by atoms with E-state index >= 15 is 0 Å². The third-order valence-electron chi connectivity index (χ3n) is 2.49. The minimum Gasteiger partial charge on any atom is -0.469 e. The van der Waals surface area contributed by atoms with E-state index in [0.717, 1.165) is 12.1 Å². The third-order valence-corrected chi connectivity index (χ3v) is 2.49. The summed E-state index contributed by atoms with van der Waals surface area (Å²) in [5.41, 5.74) is 1.60. The van der Waals surface area contributed by atoms with Crippen LogP contribution in [0.5, 0.6) is 0 Å². The molecule has 90 valence electrons. The summed E-state index contributed by atoms with van der Waals surface area (Å²) in [5.74, 6) is -0.250. The highest BCUT2D eigenvalue weighted by Gasteiger charge is 2.15. The molecule has 1 aromatic carbocycles. The van der Waals surface area contributed by atoms with Crippen LogP contribution in [-0.2, 0) is 9.53 Å². The van der Waals surface area contributed by atoms with Gasteiger partial charge in [-0.3, -0.25) is 4.79 Å². The summed E-state index contributed by atoms with van der Waals surface area (Å²) < 4.78 is 4.66. The van der Waals surface area contributed by atoms with Gasteiger partial charge in [0.2, 0.25) is 0 Å². The Bertz CT molecular complexity index is 406. The highest BCUT2D eigenvalue weighted by Crippen LogP contribution is 2.17. The molecule has 0 bridgehead atoms. The van der Waals surface area contributed by atoms with Crippen LogP contribution in [0.3, 0.4) is 0 Å². The summed E-state index contributed by atoms with van der Waals surface area (Å²) in [6.07, 6.45) is 0.288. The molecule has 0 amide bonds. The molecule has 0 aliphatic rings. The Hall–Kier alpha value is -1.86. The molecule has 4 heteroatoms. The van der Waals surface area contributed by atoms with Gasteiger partial charge in [0.25, 0.3) is 0 Å². The molecule has 0 fully saturated rings. The minimum absolute atomic E-state index is 0.0693. The summed E-state index contributed by atoms with van der Waals surface area (Å²) in [4.78, 5) is 11.3. The second kappa shape index (κ2) is 6.66. The van der Waals surface area contributed by atoms with Gasteiger partial charge in [-0.2, -0.15) is 5.26 Å². The maximum Gasteiger partial charge on any atom is 0.307 e. The van der Waals surface area contributed by atoms with Crippen molar-refractivity contribution in [2.45, 2.75) is 19.4 Å². The average molecular weight is 232 g/mol. The van der Waals surface area contributed by atoms with Gasteiger partial charge in [0.15, 0.2) is 0 Å². The smallest absolute Gasteiger partial charge is 0.307 e. The molecule has 0 unspecified atom stereocenters.